The van der Waals surface area contributed by atoms with Gasteiger partial charge >= 0.3 is 0 Å². The summed E-state index contributed by atoms with van der Waals surface area (Å²) in [5.74, 6) is -0.572. The van der Waals surface area contributed by atoms with Crippen molar-refractivity contribution in [2.45, 2.75) is 6.04 Å². The monoisotopic (exact) mass is 239 g/mol. The summed E-state index contributed by atoms with van der Waals surface area (Å²) in [5.41, 5.74) is 0.195. The normalized spacial score (nSPS) is 20.1. The Bertz CT molecular complexity index is 405. The fourth-order valence-corrected chi connectivity index (χ4v) is 1.68. The van der Waals surface area contributed by atoms with E-state index in [1.54, 1.807) is 0 Å². The lowest BCUT2D eigenvalue weighted by Gasteiger charge is -2.33. The highest BCUT2D eigenvalue weighted by molar-refractivity contribution is 5.96. The Labute approximate surface area is 97.3 Å². The molecule has 92 valence electrons. The Morgan fingerprint density at radius 2 is 2.47 bits per heavy atom. The predicted molar refractivity (Wildman–Crippen MR) is 56.1 cm³/mol. The molecule has 1 aliphatic rings. The fraction of sp³-hybridized carbons (Fsp3) is 0.556. The molecule has 0 saturated carbocycles. The van der Waals surface area contributed by atoms with E-state index in [1.165, 1.54) is 18.1 Å². The third kappa shape index (κ3) is 2.26. The molecule has 1 saturated heterocycles. The maximum absolute atomic E-state index is 12.1. The van der Waals surface area contributed by atoms with Crippen LogP contribution in [0.2, 0.25) is 0 Å². The molecule has 2 N–H and O–H groups in total. The SMILES string of the molecule is CNC(=O)C1COCCN1C(=O)c1cn[nH]n1. The van der Waals surface area contributed by atoms with Crippen molar-refractivity contribution in [2.24, 2.45) is 0 Å². The Kier molecular flexibility index (Phi) is 3.33. The highest BCUT2D eigenvalue weighted by Crippen LogP contribution is 2.10. The largest absolute Gasteiger partial charge is 0.377 e. The first-order chi connectivity index (χ1) is 8.24. The van der Waals surface area contributed by atoms with Crippen molar-refractivity contribution in [2.75, 3.05) is 26.8 Å². The van der Waals surface area contributed by atoms with Crippen LogP contribution in [-0.2, 0) is 9.53 Å². The number of hydrogen-bond acceptors (Lipinski definition) is 5. The molecule has 8 nitrogen and oxygen atoms in total. The molecule has 2 rings (SSSR count). The third-order valence-electron chi connectivity index (χ3n) is 2.57. The highest BCUT2D eigenvalue weighted by Gasteiger charge is 2.33. The van der Waals surface area contributed by atoms with Gasteiger partial charge in [0.1, 0.15) is 6.04 Å². The van der Waals surface area contributed by atoms with E-state index in [0.717, 1.165) is 0 Å². The first kappa shape index (κ1) is 11.5. The van der Waals surface area contributed by atoms with Gasteiger partial charge in [-0.3, -0.25) is 9.59 Å². The van der Waals surface area contributed by atoms with Crippen LogP contribution in [0.1, 0.15) is 10.5 Å². The van der Waals surface area contributed by atoms with Gasteiger partial charge in [-0.05, 0) is 0 Å². The third-order valence-corrected chi connectivity index (χ3v) is 2.57. The summed E-state index contributed by atoms with van der Waals surface area (Å²) in [4.78, 5) is 25.1. The summed E-state index contributed by atoms with van der Waals surface area (Å²) in [7, 11) is 1.52. The molecule has 17 heavy (non-hydrogen) atoms. The average Bonchev–Trinajstić information content (AvgIpc) is 2.91. The van der Waals surface area contributed by atoms with Gasteiger partial charge in [0.25, 0.3) is 5.91 Å². The molecule has 0 aliphatic carbocycles. The van der Waals surface area contributed by atoms with Gasteiger partial charge in [0.15, 0.2) is 5.69 Å². The number of aromatic amines is 1. The smallest absolute Gasteiger partial charge is 0.276 e. The molecule has 1 fully saturated rings. The van der Waals surface area contributed by atoms with Crippen LogP contribution in [0.5, 0.6) is 0 Å². The first-order valence-corrected chi connectivity index (χ1v) is 5.20. The van der Waals surface area contributed by atoms with Crippen molar-refractivity contribution in [3.8, 4) is 0 Å². The van der Waals surface area contributed by atoms with E-state index < -0.39 is 6.04 Å². The van der Waals surface area contributed by atoms with Gasteiger partial charge in [0.2, 0.25) is 5.91 Å². The minimum Gasteiger partial charge on any atom is -0.377 e. The van der Waals surface area contributed by atoms with Gasteiger partial charge in [-0.2, -0.15) is 15.4 Å². The number of ether oxygens (including phenoxy) is 1. The molecule has 2 heterocycles. The van der Waals surface area contributed by atoms with Crippen LogP contribution < -0.4 is 5.32 Å². The van der Waals surface area contributed by atoms with Crippen LogP contribution in [0, 0.1) is 0 Å². The van der Waals surface area contributed by atoms with Crippen LogP contribution in [0.3, 0.4) is 0 Å². The minimum absolute atomic E-state index is 0.195. The Morgan fingerprint density at radius 1 is 1.65 bits per heavy atom. The maximum Gasteiger partial charge on any atom is 0.276 e. The highest BCUT2D eigenvalue weighted by atomic mass is 16.5. The quantitative estimate of drug-likeness (QED) is 0.647. The maximum atomic E-state index is 12.1. The molecule has 0 bridgehead atoms. The van der Waals surface area contributed by atoms with Crippen molar-refractivity contribution in [1.82, 2.24) is 25.6 Å². The number of nitrogens with zero attached hydrogens (tertiary/aromatic N) is 3. The van der Waals surface area contributed by atoms with Crippen LogP contribution in [0.4, 0.5) is 0 Å². The molecule has 1 atom stereocenters. The number of carbonyl (C=O) groups is 2. The predicted octanol–water partition coefficient (Wildman–Crippen LogP) is -1.61. The zero-order chi connectivity index (χ0) is 12.3. The average molecular weight is 239 g/mol. The van der Waals surface area contributed by atoms with E-state index in [9.17, 15) is 9.59 Å². The number of nitrogens with one attached hydrogen (secondary N) is 2. The molecule has 0 spiro atoms. The molecule has 0 aromatic carbocycles. The number of amides is 2. The van der Waals surface area contributed by atoms with E-state index in [2.05, 4.69) is 20.7 Å². The molecule has 1 aliphatic heterocycles. The number of aromatic nitrogens is 3. The second-order valence-electron chi connectivity index (χ2n) is 3.56. The minimum atomic E-state index is -0.613. The molecule has 0 radical (unpaired) electrons. The lowest BCUT2D eigenvalue weighted by atomic mass is 10.2. The number of H-pyrrole nitrogens is 1. The summed E-state index contributed by atoms with van der Waals surface area (Å²) in [6.07, 6.45) is 1.33. The summed E-state index contributed by atoms with van der Waals surface area (Å²) in [6.45, 7) is 0.976. The molecule has 1 unspecified atom stereocenters. The van der Waals surface area contributed by atoms with Gasteiger partial charge in [-0.25, -0.2) is 0 Å². The van der Waals surface area contributed by atoms with E-state index in [0.29, 0.717) is 13.2 Å². The summed E-state index contributed by atoms with van der Waals surface area (Å²) < 4.78 is 5.20. The van der Waals surface area contributed by atoms with Gasteiger partial charge in [0, 0.05) is 13.6 Å². The fourth-order valence-electron chi connectivity index (χ4n) is 1.68. The zero-order valence-electron chi connectivity index (χ0n) is 9.34. The van der Waals surface area contributed by atoms with E-state index in [-0.39, 0.29) is 24.1 Å². The standard InChI is InChI=1S/C9H13N5O3/c1-10-8(15)7-5-17-3-2-14(7)9(16)6-4-11-13-12-6/h4,7H,2-3,5H2,1H3,(H,10,15)(H,11,12,13). The number of likely N-dealkylation sites (N-methyl/N-ethyl adjacent to an activating group) is 1. The molecular formula is C9H13N5O3. The second-order valence-corrected chi connectivity index (χ2v) is 3.56. The zero-order valence-corrected chi connectivity index (χ0v) is 9.34. The molecule has 1 aromatic rings. The molecule has 2 amide bonds. The number of rotatable bonds is 2. The van der Waals surface area contributed by atoms with E-state index >= 15 is 0 Å². The second kappa shape index (κ2) is 4.91. The van der Waals surface area contributed by atoms with Crippen LogP contribution in [0.25, 0.3) is 0 Å². The van der Waals surface area contributed by atoms with Gasteiger partial charge in [0.05, 0.1) is 19.4 Å². The first-order valence-electron chi connectivity index (χ1n) is 5.20. The summed E-state index contributed by atoms with van der Waals surface area (Å²) in [6, 6.07) is -0.613. The van der Waals surface area contributed by atoms with Crippen LogP contribution in [-0.4, -0.2) is 65.0 Å². The molecular weight excluding hydrogens is 226 g/mol. The van der Waals surface area contributed by atoms with Crippen molar-refractivity contribution in [3.05, 3.63) is 11.9 Å². The van der Waals surface area contributed by atoms with Crippen molar-refractivity contribution < 1.29 is 14.3 Å². The van der Waals surface area contributed by atoms with Crippen LogP contribution >= 0.6 is 0 Å². The van der Waals surface area contributed by atoms with Gasteiger partial charge in [-0.15, -0.1) is 0 Å². The van der Waals surface area contributed by atoms with Gasteiger partial charge < -0.3 is 15.0 Å². The number of morpholine rings is 1. The van der Waals surface area contributed by atoms with Crippen molar-refractivity contribution in [3.63, 3.8) is 0 Å². The van der Waals surface area contributed by atoms with E-state index in [1.807, 2.05) is 0 Å². The molecule has 8 heteroatoms. The van der Waals surface area contributed by atoms with Crippen molar-refractivity contribution >= 4 is 11.8 Å². The number of carbonyl (C=O) groups excluding carboxylic acids is 2. The summed E-state index contributed by atoms with van der Waals surface area (Å²) >= 11 is 0. The lowest BCUT2D eigenvalue weighted by molar-refractivity contribution is -0.130. The van der Waals surface area contributed by atoms with Crippen molar-refractivity contribution in [1.29, 1.82) is 0 Å². The lowest BCUT2D eigenvalue weighted by Crippen LogP contribution is -2.55. The Morgan fingerprint density at radius 3 is 3.12 bits per heavy atom. The Balaban J connectivity index is 2.16. The number of hydrogen-bond donors (Lipinski definition) is 2. The van der Waals surface area contributed by atoms with E-state index in [4.69, 9.17) is 4.74 Å². The van der Waals surface area contributed by atoms with Crippen LogP contribution in [0.15, 0.2) is 6.20 Å². The Hall–Kier alpha value is -1.96. The van der Waals surface area contributed by atoms with Gasteiger partial charge in [-0.1, -0.05) is 0 Å². The topological polar surface area (TPSA) is 100 Å². The summed E-state index contributed by atoms with van der Waals surface area (Å²) in [5, 5.41) is 12.2. The molecule has 1 aromatic heterocycles.